The molecular weight excluding hydrogens is 227 g/mol. The predicted octanol–water partition coefficient (Wildman–Crippen LogP) is 2.01. The standard InChI is InChI=1S/C12H11FO4/c13-10-5-2-8(3-6-10)1-4-9(12(16)17)7-11(14)15/h1-6,9H,7H2,(H,14,15)(H,16,17)/b4-1+. The zero-order chi connectivity index (χ0) is 12.8. The molecule has 0 amide bonds. The monoisotopic (exact) mass is 238 g/mol. The van der Waals surface area contributed by atoms with Crippen LogP contribution in [0.3, 0.4) is 0 Å². The maximum Gasteiger partial charge on any atom is 0.310 e. The Bertz CT molecular complexity index is 436. The second-order valence-electron chi connectivity index (χ2n) is 3.45. The molecule has 0 bridgehead atoms. The molecular formula is C12H11FO4. The Labute approximate surface area is 97.0 Å². The van der Waals surface area contributed by atoms with Crippen molar-refractivity contribution in [3.8, 4) is 0 Å². The maximum absolute atomic E-state index is 12.6. The molecule has 1 atom stereocenters. The summed E-state index contributed by atoms with van der Waals surface area (Å²) < 4.78 is 12.6. The van der Waals surface area contributed by atoms with E-state index in [-0.39, 0.29) is 5.82 Å². The third kappa shape index (κ3) is 4.46. The summed E-state index contributed by atoms with van der Waals surface area (Å²) in [7, 11) is 0. The molecule has 0 saturated carbocycles. The van der Waals surface area contributed by atoms with E-state index < -0.39 is 24.3 Å². The van der Waals surface area contributed by atoms with Gasteiger partial charge in [-0.2, -0.15) is 0 Å². The number of carbonyl (C=O) groups is 2. The third-order valence-corrected chi connectivity index (χ3v) is 2.10. The fraction of sp³-hybridized carbons (Fsp3) is 0.167. The highest BCUT2D eigenvalue weighted by atomic mass is 19.1. The molecule has 2 N–H and O–H groups in total. The lowest BCUT2D eigenvalue weighted by molar-refractivity contribution is -0.146. The van der Waals surface area contributed by atoms with Gasteiger partial charge in [0.1, 0.15) is 5.82 Å². The van der Waals surface area contributed by atoms with Crippen LogP contribution in [0.25, 0.3) is 6.08 Å². The molecule has 0 radical (unpaired) electrons. The van der Waals surface area contributed by atoms with Crippen molar-refractivity contribution in [3.63, 3.8) is 0 Å². The number of carboxylic acid groups (broad SMARTS) is 2. The van der Waals surface area contributed by atoms with E-state index in [9.17, 15) is 14.0 Å². The van der Waals surface area contributed by atoms with E-state index in [2.05, 4.69) is 0 Å². The summed E-state index contributed by atoms with van der Waals surface area (Å²) in [5.41, 5.74) is 0.614. The van der Waals surface area contributed by atoms with Crippen molar-refractivity contribution in [3.05, 3.63) is 41.7 Å². The second kappa shape index (κ2) is 5.79. The lowest BCUT2D eigenvalue weighted by Crippen LogP contribution is -2.15. The van der Waals surface area contributed by atoms with Crippen LogP contribution in [0.15, 0.2) is 30.3 Å². The number of rotatable bonds is 5. The van der Waals surface area contributed by atoms with E-state index in [4.69, 9.17) is 10.2 Å². The van der Waals surface area contributed by atoms with E-state index in [1.54, 1.807) is 0 Å². The molecule has 4 nitrogen and oxygen atoms in total. The van der Waals surface area contributed by atoms with Gasteiger partial charge in [0.25, 0.3) is 0 Å². The minimum absolute atomic E-state index is 0.387. The van der Waals surface area contributed by atoms with E-state index in [1.807, 2.05) is 0 Å². The molecule has 0 fully saturated rings. The van der Waals surface area contributed by atoms with E-state index in [0.717, 1.165) is 0 Å². The highest BCUT2D eigenvalue weighted by Gasteiger charge is 2.17. The van der Waals surface area contributed by atoms with E-state index in [1.165, 1.54) is 36.4 Å². The number of halogens is 1. The smallest absolute Gasteiger partial charge is 0.310 e. The summed E-state index contributed by atoms with van der Waals surface area (Å²) in [6.07, 6.45) is 2.26. The molecule has 0 aromatic heterocycles. The van der Waals surface area contributed by atoms with Gasteiger partial charge in [0.15, 0.2) is 0 Å². The molecule has 1 unspecified atom stereocenters. The first-order valence-electron chi connectivity index (χ1n) is 4.87. The van der Waals surface area contributed by atoms with Gasteiger partial charge in [0, 0.05) is 0 Å². The number of hydrogen-bond acceptors (Lipinski definition) is 2. The molecule has 90 valence electrons. The van der Waals surface area contributed by atoms with Crippen molar-refractivity contribution in [1.29, 1.82) is 0 Å². The first-order valence-corrected chi connectivity index (χ1v) is 4.87. The van der Waals surface area contributed by atoms with Gasteiger partial charge < -0.3 is 10.2 Å². The van der Waals surface area contributed by atoms with Gasteiger partial charge in [-0.05, 0) is 17.7 Å². The number of carboxylic acids is 2. The van der Waals surface area contributed by atoms with Crippen molar-refractivity contribution in [2.75, 3.05) is 0 Å². The normalized spacial score (nSPS) is 12.5. The van der Waals surface area contributed by atoms with Crippen molar-refractivity contribution in [2.24, 2.45) is 5.92 Å². The molecule has 1 aromatic carbocycles. The minimum atomic E-state index is -1.20. The molecule has 0 aliphatic heterocycles. The lowest BCUT2D eigenvalue weighted by Gasteiger charge is -2.03. The van der Waals surface area contributed by atoms with Gasteiger partial charge in [0.05, 0.1) is 12.3 Å². The summed E-state index contributed by atoms with van der Waals surface area (Å²) in [4.78, 5) is 21.2. The minimum Gasteiger partial charge on any atom is -0.481 e. The number of benzene rings is 1. The quantitative estimate of drug-likeness (QED) is 0.822. The van der Waals surface area contributed by atoms with Crippen LogP contribution in [0.5, 0.6) is 0 Å². The first kappa shape index (κ1) is 12.9. The Kier molecular flexibility index (Phi) is 4.39. The Morgan fingerprint density at radius 3 is 2.29 bits per heavy atom. The summed E-state index contributed by atoms with van der Waals surface area (Å²) in [5.74, 6) is -3.85. The van der Waals surface area contributed by atoms with E-state index >= 15 is 0 Å². The highest BCUT2D eigenvalue weighted by molar-refractivity contribution is 5.80. The molecule has 0 spiro atoms. The van der Waals surface area contributed by atoms with Crippen LogP contribution >= 0.6 is 0 Å². The summed E-state index contributed by atoms with van der Waals surface area (Å²) in [5, 5.41) is 17.3. The van der Waals surface area contributed by atoms with Crippen molar-refractivity contribution >= 4 is 18.0 Å². The summed E-state index contributed by atoms with van der Waals surface area (Å²) in [6, 6.07) is 5.44. The third-order valence-electron chi connectivity index (χ3n) is 2.10. The average molecular weight is 238 g/mol. The van der Waals surface area contributed by atoms with E-state index in [0.29, 0.717) is 5.56 Å². The lowest BCUT2D eigenvalue weighted by atomic mass is 10.0. The summed E-state index contributed by atoms with van der Waals surface area (Å²) >= 11 is 0. The molecule has 1 rings (SSSR count). The Hall–Kier alpha value is -2.17. The molecule has 17 heavy (non-hydrogen) atoms. The van der Waals surface area contributed by atoms with Crippen molar-refractivity contribution in [2.45, 2.75) is 6.42 Å². The highest BCUT2D eigenvalue weighted by Crippen LogP contribution is 2.10. The zero-order valence-electron chi connectivity index (χ0n) is 8.84. The molecule has 1 aromatic rings. The van der Waals surface area contributed by atoms with Crippen LogP contribution in [0, 0.1) is 11.7 Å². The van der Waals surface area contributed by atoms with Crippen LogP contribution in [-0.4, -0.2) is 22.2 Å². The van der Waals surface area contributed by atoms with Crippen LogP contribution in [0.1, 0.15) is 12.0 Å². The van der Waals surface area contributed by atoms with Gasteiger partial charge in [0.2, 0.25) is 0 Å². The van der Waals surface area contributed by atoms with Gasteiger partial charge in [-0.25, -0.2) is 4.39 Å². The fourth-order valence-electron chi connectivity index (χ4n) is 1.23. The topological polar surface area (TPSA) is 74.6 Å². The average Bonchev–Trinajstić information content (AvgIpc) is 2.25. The Morgan fingerprint density at radius 1 is 1.24 bits per heavy atom. The zero-order valence-corrected chi connectivity index (χ0v) is 8.84. The Balaban J connectivity index is 2.75. The van der Waals surface area contributed by atoms with Gasteiger partial charge in [-0.15, -0.1) is 0 Å². The van der Waals surface area contributed by atoms with Crippen LogP contribution in [-0.2, 0) is 9.59 Å². The molecule has 0 aliphatic carbocycles. The molecule has 0 aliphatic rings. The maximum atomic E-state index is 12.6. The van der Waals surface area contributed by atoms with Gasteiger partial charge in [-0.3, -0.25) is 9.59 Å². The van der Waals surface area contributed by atoms with Gasteiger partial charge >= 0.3 is 11.9 Å². The van der Waals surface area contributed by atoms with Crippen LogP contribution in [0.4, 0.5) is 4.39 Å². The van der Waals surface area contributed by atoms with Crippen LogP contribution < -0.4 is 0 Å². The van der Waals surface area contributed by atoms with Crippen molar-refractivity contribution < 1.29 is 24.2 Å². The van der Waals surface area contributed by atoms with Gasteiger partial charge in [-0.1, -0.05) is 24.3 Å². The SMILES string of the molecule is O=C(O)CC(/C=C/c1ccc(F)cc1)C(=O)O. The fourth-order valence-corrected chi connectivity index (χ4v) is 1.23. The second-order valence-corrected chi connectivity index (χ2v) is 3.45. The first-order chi connectivity index (χ1) is 7.99. The van der Waals surface area contributed by atoms with Crippen LogP contribution in [0.2, 0.25) is 0 Å². The Morgan fingerprint density at radius 2 is 1.82 bits per heavy atom. The summed E-state index contributed by atoms with van der Waals surface area (Å²) in [6.45, 7) is 0. The number of aliphatic carboxylic acids is 2. The molecule has 5 heteroatoms. The predicted molar refractivity (Wildman–Crippen MR) is 58.8 cm³/mol. The molecule has 0 saturated heterocycles. The molecule has 0 heterocycles. The largest absolute Gasteiger partial charge is 0.481 e. The van der Waals surface area contributed by atoms with Crippen molar-refractivity contribution in [1.82, 2.24) is 0 Å². The number of hydrogen-bond donors (Lipinski definition) is 2.